The second kappa shape index (κ2) is 7.84. The average molecular weight is 281 g/mol. The fraction of sp³-hybridized carbons (Fsp3) is 0.429. The van der Waals surface area contributed by atoms with E-state index in [0.717, 1.165) is 12.0 Å². The number of nitrogens with zero attached hydrogens (tertiary/aromatic N) is 1. The predicted octanol–water partition coefficient (Wildman–Crippen LogP) is 2.41. The number of carboxylic acids is 1. The van der Waals surface area contributed by atoms with Crippen molar-refractivity contribution in [1.29, 1.82) is 0 Å². The first-order valence-electron chi connectivity index (χ1n) is 6.18. The van der Waals surface area contributed by atoms with Crippen molar-refractivity contribution in [3.8, 4) is 0 Å². The van der Waals surface area contributed by atoms with Crippen LogP contribution in [0.5, 0.6) is 0 Å². The van der Waals surface area contributed by atoms with Gasteiger partial charge in [0.15, 0.2) is 0 Å². The highest BCUT2D eigenvalue weighted by atomic mass is 32.2. The van der Waals surface area contributed by atoms with E-state index in [0.29, 0.717) is 6.54 Å². The predicted molar refractivity (Wildman–Crippen MR) is 77.2 cm³/mol. The van der Waals surface area contributed by atoms with Crippen molar-refractivity contribution < 1.29 is 14.7 Å². The molecule has 0 aromatic heterocycles. The quantitative estimate of drug-likeness (QED) is 0.834. The molecule has 1 rings (SSSR count). The minimum atomic E-state index is -0.977. The Morgan fingerprint density at radius 3 is 2.42 bits per heavy atom. The number of thioether (sulfide) groups is 1. The molecule has 1 aromatic rings. The van der Waals surface area contributed by atoms with Crippen molar-refractivity contribution in [3.63, 3.8) is 0 Å². The van der Waals surface area contributed by atoms with Gasteiger partial charge in [-0.15, -0.1) is 11.8 Å². The summed E-state index contributed by atoms with van der Waals surface area (Å²) in [5.41, 5.74) is 0.909. The maximum Gasteiger partial charge on any atom is 0.323 e. The van der Waals surface area contributed by atoms with E-state index >= 15 is 0 Å². The fourth-order valence-electron chi connectivity index (χ4n) is 1.87. The number of benzene rings is 1. The number of amides is 1. The number of rotatable bonds is 7. The minimum absolute atomic E-state index is 0.136. The van der Waals surface area contributed by atoms with Gasteiger partial charge in [0, 0.05) is 6.54 Å². The van der Waals surface area contributed by atoms with Crippen molar-refractivity contribution >= 4 is 23.6 Å². The van der Waals surface area contributed by atoms with E-state index in [9.17, 15) is 9.59 Å². The van der Waals surface area contributed by atoms with Crippen LogP contribution < -0.4 is 0 Å². The smallest absolute Gasteiger partial charge is 0.323 e. The zero-order valence-electron chi connectivity index (χ0n) is 11.2. The molecule has 5 heteroatoms. The van der Waals surface area contributed by atoms with Crippen LogP contribution in [0.3, 0.4) is 0 Å². The Balaban J connectivity index is 2.89. The van der Waals surface area contributed by atoms with E-state index in [1.807, 2.05) is 43.5 Å². The lowest BCUT2D eigenvalue weighted by Gasteiger charge is -2.25. The van der Waals surface area contributed by atoms with Crippen LogP contribution >= 0.6 is 11.8 Å². The van der Waals surface area contributed by atoms with Crippen molar-refractivity contribution in [2.45, 2.75) is 18.6 Å². The Bertz CT molecular complexity index is 422. The van der Waals surface area contributed by atoms with Gasteiger partial charge < -0.3 is 10.0 Å². The molecule has 104 valence electrons. The summed E-state index contributed by atoms with van der Waals surface area (Å²) in [6, 6.07) is 9.45. The van der Waals surface area contributed by atoms with E-state index in [4.69, 9.17) is 5.11 Å². The van der Waals surface area contributed by atoms with Crippen molar-refractivity contribution in [3.05, 3.63) is 35.9 Å². The fourth-order valence-corrected chi connectivity index (χ4v) is 2.65. The van der Waals surface area contributed by atoms with Crippen molar-refractivity contribution in [1.82, 2.24) is 4.90 Å². The molecule has 0 saturated carbocycles. The Labute approximate surface area is 117 Å². The zero-order chi connectivity index (χ0) is 14.3. The summed E-state index contributed by atoms with van der Waals surface area (Å²) in [4.78, 5) is 24.7. The van der Waals surface area contributed by atoms with Crippen LogP contribution in [0.4, 0.5) is 0 Å². The summed E-state index contributed by atoms with van der Waals surface area (Å²) in [6.45, 7) is 2.16. The summed E-state index contributed by atoms with van der Waals surface area (Å²) >= 11 is 1.43. The monoisotopic (exact) mass is 281 g/mol. The average Bonchev–Trinajstić information content (AvgIpc) is 2.39. The van der Waals surface area contributed by atoms with E-state index in [2.05, 4.69) is 0 Å². The minimum Gasteiger partial charge on any atom is -0.480 e. The van der Waals surface area contributed by atoms with Crippen LogP contribution in [0.15, 0.2) is 30.3 Å². The van der Waals surface area contributed by atoms with Gasteiger partial charge in [-0.1, -0.05) is 37.3 Å². The Kier molecular flexibility index (Phi) is 6.42. The van der Waals surface area contributed by atoms with Crippen molar-refractivity contribution in [2.75, 3.05) is 19.3 Å². The third-order valence-corrected chi connectivity index (χ3v) is 3.64. The molecular formula is C14H19NO3S. The zero-order valence-corrected chi connectivity index (χ0v) is 12.0. The molecule has 0 aliphatic rings. The molecular weight excluding hydrogens is 262 g/mol. The molecule has 0 fully saturated rings. The summed E-state index contributed by atoms with van der Waals surface area (Å²) in [6.07, 6.45) is 2.61. The van der Waals surface area contributed by atoms with Crippen LogP contribution in [-0.2, 0) is 9.59 Å². The lowest BCUT2D eigenvalue weighted by Crippen LogP contribution is -2.38. The highest BCUT2D eigenvalue weighted by molar-refractivity contribution is 7.99. The Hall–Kier alpha value is -1.49. The van der Waals surface area contributed by atoms with Gasteiger partial charge >= 0.3 is 5.97 Å². The van der Waals surface area contributed by atoms with Gasteiger partial charge in [0.1, 0.15) is 11.8 Å². The lowest BCUT2D eigenvalue weighted by molar-refractivity contribution is -0.144. The summed E-state index contributed by atoms with van der Waals surface area (Å²) in [5, 5.41) is 8.54. The molecule has 0 saturated heterocycles. The van der Waals surface area contributed by atoms with Crippen LogP contribution in [-0.4, -0.2) is 41.2 Å². The summed E-state index contributed by atoms with van der Waals surface area (Å²) in [5.74, 6) is -1.11. The van der Waals surface area contributed by atoms with Gasteiger partial charge in [0.25, 0.3) is 0 Å². The van der Waals surface area contributed by atoms with Crippen LogP contribution in [0, 0.1) is 0 Å². The van der Waals surface area contributed by atoms with Gasteiger partial charge in [0.05, 0.1) is 0 Å². The van der Waals surface area contributed by atoms with E-state index in [1.165, 1.54) is 16.7 Å². The summed E-state index contributed by atoms with van der Waals surface area (Å²) in [7, 11) is 0. The molecule has 1 N–H and O–H groups in total. The molecule has 0 aliphatic carbocycles. The van der Waals surface area contributed by atoms with Gasteiger partial charge in [0.2, 0.25) is 5.91 Å². The van der Waals surface area contributed by atoms with E-state index in [1.54, 1.807) is 0 Å². The highest BCUT2D eigenvalue weighted by Crippen LogP contribution is 2.28. The third-order valence-electron chi connectivity index (χ3n) is 2.69. The van der Waals surface area contributed by atoms with Gasteiger partial charge in [-0.2, -0.15) is 0 Å². The molecule has 0 heterocycles. The maximum absolute atomic E-state index is 12.4. The number of aliphatic carboxylic acids is 1. The number of carboxylic acid groups (broad SMARTS) is 1. The normalized spacial score (nSPS) is 11.9. The molecule has 1 atom stereocenters. The van der Waals surface area contributed by atoms with Gasteiger partial charge in [-0.25, -0.2) is 0 Å². The first kappa shape index (κ1) is 15.6. The lowest BCUT2D eigenvalue weighted by atomic mass is 10.1. The first-order valence-corrected chi connectivity index (χ1v) is 7.47. The molecule has 1 unspecified atom stereocenters. The molecule has 0 bridgehead atoms. The Morgan fingerprint density at radius 1 is 1.32 bits per heavy atom. The van der Waals surface area contributed by atoms with Crippen LogP contribution in [0.1, 0.15) is 24.2 Å². The molecule has 1 aromatic carbocycles. The Morgan fingerprint density at radius 2 is 1.95 bits per heavy atom. The summed E-state index contributed by atoms with van der Waals surface area (Å²) < 4.78 is 0. The molecule has 0 aliphatic heterocycles. The van der Waals surface area contributed by atoms with E-state index in [-0.39, 0.29) is 17.7 Å². The molecule has 0 radical (unpaired) electrons. The molecule has 0 spiro atoms. The molecule has 4 nitrogen and oxygen atoms in total. The van der Waals surface area contributed by atoms with Crippen LogP contribution in [0.25, 0.3) is 0 Å². The largest absolute Gasteiger partial charge is 0.480 e. The first-order chi connectivity index (χ1) is 9.10. The topological polar surface area (TPSA) is 57.6 Å². The van der Waals surface area contributed by atoms with Gasteiger partial charge in [-0.3, -0.25) is 9.59 Å². The number of carbonyl (C=O) groups excluding carboxylic acids is 1. The number of hydrogen-bond acceptors (Lipinski definition) is 3. The van der Waals surface area contributed by atoms with Crippen LogP contribution in [0.2, 0.25) is 0 Å². The van der Waals surface area contributed by atoms with E-state index < -0.39 is 5.97 Å². The standard InChI is InChI=1S/C14H19NO3S/c1-3-9-15(10-12(16)17)14(18)13(19-2)11-7-5-4-6-8-11/h4-8,13H,3,9-10H2,1-2H3,(H,16,17). The van der Waals surface area contributed by atoms with Crippen molar-refractivity contribution in [2.24, 2.45) is 0 Å². The third kappa shape index (κ3) is 4.59. The number of hydrogen-bond donors (Lipinski definition) is 1. The number of carbonyl (C=O) groups is 2. The molecule has 19 heavy (non-hydrogen) atoms. The second-order valence-electron chi connectivity index (χ2n) is 4.18. The SMILES string of the molecule is CCCN(CC(=O)O)C(=O)C(SC)c1ccccc1. The van der Waals surface area contributed by atoms with Gasteiger partial charge in [-0.05, 0) is 18.2 Å². The maximum atomic E-state index is 12.4. The molecule has 1 amide bonds. The highest BCUT2D eigenvalue weighted by Gasteiger charge is 2.25. The second-order valence-corrected chi connectivity index (χ2v) is 5.12.